The van der Waals surface area contributed by atoms with Crippen LogP contribution in [0.3, 0.4) is 0 Å². The highest BCUT2D eigenvalue weighted by Gasteiger charge is 2.33. The normalized spacial score (nSPS) is 11.8. The fourth-order valence-electron chi connectivity index (χ4n) is 11.8. The molecular formula is C61H53BFN3. The zero-order valence-electron chi connectivity index (χ0n) is 38.9. The summed E-state index contributed by atoms with van der Waals surface area (Å²) in [6.07, 6.45) is 3.65. The van der Waals surface area contributed by atoms with Crippen LogP contribution < -0.4 is 16.4 Å². The van der Waals surface area contributed by atoms with E-state index in [9.17, 15) is 0 Å². The molecule has 5 heteroatoms. The SMILES string of the molecule is C=CCCc1c(C)n(-c2cc(C)c(B(c3c(C)cccc3C)c3c(C)cccc3C)c(C)c2)c2c1c1c(c3ccccc3n1-c1cccc(F)c1)c1c2c2ccccc2n1-c1ccccc1. The smallest absolute Gasteiger partial charge is 0.243 e. The number of hydrogen-bond donors (Lipinski definition) is 0. The van der Waals surface area contributed by atoms with E-state index < -0.39 is 0 Å². The number of para-hydroxylation sites is 3. The summed E-state index contributed by atoms with van der Waals surface area (Å²) in [4.78, 5) is 0. The first-order valence-electron chi connectivity index (χ1n) is 23.3. The van der Waals surface area contributed by atoms with E-state index in [1.807, 2.05) is 18.2 Å². The van der Waals surface area contributed by atoms with E-state index >= 15 is 4.39 Å². The van der Waals surface area contributed by atoms with Crippen molar-refractivity contribution in [3.05, 3.63) is 215 Å². The maximum absolute atomic E-state index is 15.5. The van der Waals surface area contributed by atoms with Gasteiger partial charge in [-0.25, -0.2) is 4.39 Å². The molecular weight excluding hydrogens is 805 g/mol. The molecule has 3 heterocycles. The summed E-state index contributed by atoms with van der Waals surface area (Å²) < 4.78 is 22.9. The van der Waals surface area contributed by atoms with E-state index in [0.717, 1.165) is 68.3 Å². The molecule has 0 aliphatic heterocycles. The summed E-state index contributed by atoms with van der Waals surface area (Å²) in [5.74, 6) is -0.263. The molecule has 3 nitrogen and oxygen atoms in total. The average Bonchev–Trinajstić information content (AvgIpc) is 3.93. The second kappa shape index (κ2) is 16.0. The molecule has 0 radical (unpaired) electrons. The standard InChI is InChI=1S/C61H53BFN3/c1-9-10-29-48-43(8)64(47-34-41(6)58(42(7)35-47)62(56-37(2)21-18-22-38(56)3)57-39(4)23-19-24-40(57)5)59-53(48)60-55(50-31-15-17-33-52(50)66(60)46-28-20-25-44(63)36-46)61-54(59)49-30-14-16-32-51(49)65(61)45-26-12-11-13-27-45/h9,11-28,30-36H,1,10,29H2,2-8H3. The number of halogens is 1. The molecule has 0 unspecified atom stereocenters. The Hall–Kier alpha value is -7.37. The van der Waals surface area contributed by atoms with Crippen molar-refractivity contribution in [1.29, 1.82) is 0 Å². The Morgan fingerprint density at radius 2 is 0.909 bits per heavy atom. The van der Waals surface area contributed by atoms with Gasteiger partial charge in [-0.2, -0.15) is 0 Å². The molecule has 0 aliphatic rings. The van der Waals surface area contributed by atoms with Gasteiger partial charge in [-0.15, -0.1) is 6.58 Å². The maximum atomic E-state index is 15.5. The van der Waals surface area contributed by atoms with Crippen molar-refractivity contribution in [2.45, 2.75) is 61.3 Å². The first-order chi connectivity index (χ1) is 32.1. The predicted molar refractivity (Wildman–Crippen MR) is 281 cm³/mol. The quantitative estimate of drug-likeness (QED) is 0.101. The van der Waals surface area contributed by atoms with Gasteiger partial charge in [-0.05, 0) is 121 Å². The minimum absolute atomic E-state index is 0.0595. The molecule has 0 saturated carbocycles. The molecule has 11 aromatic rings. The van der Waals surface area contributed by atoms with Gasteiger partial charge in [0.2, 0.25) is 6.71 Å². The van der Waals surface area contributed by atoms with Gasteiger partial charge in [0.05, 0.1) is 27.6 Å². The van der Waals surface area contributed by atoms with Crippen molar-refractivity contribution in [1.82, 2.24) is 13.7 Å². The van der Waals surface area contributed by atoms with Crippen LogP contribution in [-0.4, -0.2) is 20.4 Å². The first-order valence-corrected chi connectivity index (χ1v) is 23.3. The highest BCUT2D eigenvalue weighted by Crippen LogP contribution is 2.50. The molecule has 11 rings (SSSR count). The zero-order chi connectivity index (χ0) is 45.5. The second-order valence-corrected chi connectivity index (χ2v) is 18.5. The van der Waals surface area contributed by atoms with Crippen molar-refractivity contribution < 1.29 is 4.39 Å². The third kappa shape index (κ3) is 6.16. The Kier molecular flexibility index (Phi) is 10.00. The summed E-state index contributed by atoms with van der Waals surface area (Å²) in [6, 6.07) is 53.7. The Morgan fingerprint density at radius 3 is 1.45 bits per heavy atom. The van der Waals surface area contributed by atoms with Gasteiger partial charge in [0.25, 0.3) is 0 Å². The number of benzene rings is 8. The van der Waals surface area contributed by atoms with Crippen LogP contribution in [0.15, 0.2) is 164 Å². The summed E-state index contributed by atoms with van der Waals surface area (Å²) in [7, 11) is 0. The van der Waals surface area contributed by atoms with Gasteiger partial charge in [-0.3, -0.25) is 0 Å². The molecule has 322 valence electrons. The topological polar surface area (TPSA) is 14.8 Å². The van der Waals surface area contributed by atoms with Crippen LogP contribution >= 0.6 is 0 Å². The summed E-state index contributed by atoms with van der Waals surface area (Å²) >= 11 is 0. The second-order valence-electron chi connectivity index (χ2n) is 18.5. The highest BCUT2D eigenvalue weighted by atomic mass is 19.1. The Morgan fingerprint density at radius 1 is 0.455 bits per heavy atom. The monoisotopic (exact) mass is 857 g/mol. The van der Waals surface area contributed by atoms with Gasteiger partial charge in [0.1, 0.15) is 5.82 Å². The molecule has 8 aromatic carbocycles. The Balaban J connectivity index is 1.35. The minimum atomic E-state index is -0.263. The van der Waals surface area contributed by atoms with Gasteiger partial charge in [0.15, 0.2) is 0 Å². The molecule has 0 atom stereocenters. The maximum Gasteiger partial charge on any atom is 0.243 e. The van der Waals surface area contributed by atoms with E-state index in [1.54, 1.807) is 6.07 Å². The predicted octanol–water partition coefficient (Wildman–Crippen LogP) is 13.8. The highest BCUT2D eigenvalue weighted by molar-refractivity contribution is 6.97. The van der Waals surface area contributed by atoms with E-state index in [1.165, 1.54) is 83.3 Å². The molecule has 66 heavy (non-hydrogen) atoms. The third-order valence-electron chi connectivity index (χ3n) is 14.5. The van der Waals surface area contributed by atoms with E-state index in [0.29, 0.717) is 0 Å². The lowest BCUT2D eigenvalue weighted by molar-refractivity contribution is 0.627. The minimum Gasteiger partial charge on any atom is -0.313 e. The fourth-order valence-corrected chi connectivity index (χ4v) is 11.8. The molecule has 3 aromatic heterocycles. The summed E-state index contributed by atoms with van der Waals surface area (Å²) in [6.45, 7) is 20.3. The molecule has 0 amide bonds. The fraction of sp³-hybridized carbons (Fsp3) is 0.148. The summed E-state index contributed by atoms with van der Waals surface area (Å²) in [5, 5.41) is 5.87. The summed E-state index contributed by atoms with van der Waals surface area (Å²) in [5.41, 5.74) is 22.9. The van der Waals surface area contributed by atoms with Gasteiger partial charge in [0, 0.05) is 49.7 Å². The van der Waals surface area contributed by atoms with Crippen LogP contribution in [-0.2, 0) is 6.42 Å². The lowest BCUT2D eigenvalue weighted by Gasteiger charge is -2.27. The average molecular weight is 858 g/mol. The lowest BCUT2D eigenvalue weighted by atomic mass is 9.33. The van der Waals surface area contributed by atoms with Crippen molar-refractivity contribution in [2.75, 3.05) is 0 Å². The molecule has 0 saturated heterocycles. The molecule has 0 bridgehead atoms. The van der Waals surface area contributed by atoms with Gasteiger partial charge >= 0.3 is 0 Å². The zero-order valence-corrected chi connectivity index (χ0v) is 38.9. The number of aromatic nitrogens is 3. The van der Waals surface area contributed by atoms with Crippen molar-refractivity contribution in [3.8, 4) is 17.1 Å². The van der Waals surface area contributed by atoms with E-state index in [-0.39, 0.29) is 12.5 Å². The van der Waals surface area contributed by atoms with E-state index in [2.05, 4.69) is 196 Å². The third-order valence-corrected chi connectivity index (χ3v) is 14.5. The van der Waals surface area contributed by atoms with Gasteiger partial charge < -0.3 is 13.7 Å². The number of nitrogens with zero attached hydrogens (tertiary/aromatic N) is 3. The molecule has 0 spiro atoms. The number of fused-ring (bicyclic) bond motifs is 10. The Labute approximate surface area is 387 Å². The van der Waals surface area contributed by atoms with Crippen molar-refractivity contribution in [2.24, 2.45) is 0 Å². The van der Waals surface area contributed by atoms with Crippen LogP contribution in [0.4, 0.5) is 4.39 Å². The van der Waals surface area contributed by atoms with E-state index in [4.69, 9.17) is 0 Å². The lowest BCUT2D eigenvalue weighted by Crippen LogP contribution is -2.57. The largest absolute Gasteiger partial charge is 0.313 e. The number of allylic oxidation sites excluding steroid dienone is 1. The number of hydrogen-bond acceptors (Lipinski definition) is 0. The Bertz CT molecular complexity index is 3650. The van der Waals surface area contributed by atoms with Crippen molar-refractivity contribution >= 4 is 77.6 Å². The van der Waals surface area contributed by atoms with Crippen LogP contribution in [0.1, 0.15) is 51.1 Å². The van der Waals surface area contributed by atoms with Crippen LogP contribution in [0.5, 0.6) is 0 Å². The van der Waals surface area contributed by atoms with Crippen LogP contribution in [0, 0.1) is 54.3 Å². The number of rotatable bonds is 9. The molecule has 0 fully saturated rings. The van der Waals surface area contributed by atoms with Crippen LogP contribution in [0.25, 0.3) is 71.6 Å². The van der Waals surface area contributed by atoms with Gasteiger partial charge in [-0.1, -0.05) is 153 Å². The molecule has 0 aliphatic carbocycles. The van der Waals surface area contributed by atoms with Crippen LogP contribution in [0.2, 0.25) is 0 Å². The van der Waals surface area contributed by atoms with Crippen molar-refractivity contribution in [3.63, 3.8) is 0 Å². The first kappa shape index (κ1) is 41.3. The molecule has 0 N–H and O–H groups in total. The number of aryl methyl sites for hydroxylation is 7.